The summed E-state index contributed by atoms with van der Waals surface area (Å²) in [5, 5.41) is 6.19. The number of ether oxygens (including phenoxy) is 2. The van der Waals surface area contributed by atoms with Crippen LogP contribution in [0.1, 0.15) is 12.5 Å². The smallest absolute Gasteiger partial charge is 0.223 e. The fourth-order valence-corrected chi connectivity index (χ4v) is 2.22. The van der Waals surface area contributed by atoms with Gasteiger partial charge in [-0.3, -0.25) is 4.79 Å². The molecular weight excluding hydrogens is 268 g/mol. The second-order valence-electron chi connectivity index (χ2n) is 5.41. The number of hydrogen-bond acceptors (Lipinski definition) is 4. The van der Waals surface area contributed by atoms with Crippen LogP contribution in [0.3, 0.4) is 0 Å². The minimum atomic E-state index is 0.0624. The van der Waals surface area contributed by atoms with Crippen LogP contribution in [0.2, 0.25) is 0 Å². The van der Waals surface area contributed by atoms with Crippen molar-refractivity contribution in [3.63, 3.8) is 0 Å². The van der Waals surface area contributed by atoms with Gasteiger partial charge in [0.05, 0.1) is 6.61 Å². The van der Waals surface area contributed by atoms with E-state index in [-0.39, 0.29) is 11.8 Å². The van der Waals surface area contributed by atoms with E-state index in [2.05, 4.69) is 10.6 Å². The molecule has 5 heteroatoms. The molecule has 5 nitrogen and oxygen atoms in total. The molecule has 1 atom stereocenters. The van der Waals surface area contributed by atoms with Crippen molar-refractivity contribution in [2.45, 2.75) is 13.5 Å². The molecule has 1 fully saturated rings. The summed E-state index contributed by atoms with van der Waals surface area (Å²) in [7, 11) is 1.65. The van der Waals surface area contributed by atoms with Gasteiger partial charge in [0.2, 0.25) is 5.91 Å². The number of methoxy groups -OCH3 is 1. The standard InChI is InChI=1S/C16H24N2O3/c1-12(14-10-17-11-14)16(19)18-9-13-4-3-5-15(8-13)21-7-6-20-2/h3-5,8,12,14,17H,6-7,9-11H2,1-2H3,(H,18,19). The predicted octanol–water partition coefficient (Wildman–Crippen LogP) is 1.18. The molecule has 116 valence electrons. The van der Waals surface area contributed by atoms with Gasteiger partial charge in [-0.15, -0.1) is 0 Å². The van der Waals surface area contributed by atoms with E-state index in [1.165, 1.54) is 0 Å². The van der Waals surface area contributed by atoms with Gasteiger partial charge in [0.1, 0.15) is 12.4 Å². The van der Waals surface area contributed by atoms with Crippen LogP contribution in [-0.4, -0.2) is 39.3 Å². The quantitative estimate of drug-likeness (QED) is 0.707. The molecule has 2 N–H and O–H groups in total. The van der Waals surface area contributed by atoms with Gasteiger partial charge in [-0.25, -0.2) is 0 Å². The van der Waals surface area contributed by atoms with E-state index >= 15 is 0 Å². The molecular formula is C16H24N2O3. The van der Waals surface area contributed by atoms with Crippen molar-refractivity contribution in [3.05, 3.63) is 29.8 Å². The van der Waals surface area contributed by atoms with E-state index in [0.717, 1.165) is 24.4 Å². The number of rotatable bonds is 8. The maximum absolute atomic E-state index is 12.1. The Labute approximate surface area is 126 Å². The SMILES string of the molecule is COCCOc1cccc(CNC(=O)C(C)C2CNC2)c1. The van der Waals surface area contributed by atoms with Crippen molar-refractivity contribution >= 4 is 5.91 Å². The third-order valence-electron chi connectivity index (χ3n) is 3.86. The highest BCUT2D eigenvalue weighted by atomic mass is 16.5. The van der Waals surface area contributed by atoms with Crippen molar-refractivity contribution in [2.24, 2.45) is 11.8 Å². The highest BCUT2D eigenvalue weighted by Crippen LogP contribution is 2.17. The van der Waals surface area contributed by atoms with Crippen molar-refractivity contribution < 1.29 is 14.3 Å². The van der Waals surface area contributed by atoms with Gasteiger partial charge in [-0.2, -0.15) is 0 Å². The number of benzene rings is 1. The summed E-state index contributed by atoms with van der Waals surface area (Å²) in [6.45, 7) is 5.50. The Bertz CT molecular complexity index is 461. The molecule has 0 radical (unpaired) electrons. The summed E-state index contributed by atoms with van der Waals surface area (Å²) in [5.74, 6) is 1.45. The molecule has 2 rings (SSSR count). The summed E-state index contributed by atoms with van der Waals surface area (Å²) < 4.78 is 10.5. The number of carbonyl (C=O) groups excluding carboxylic acids is 1. The van der Waals surface area contributed by atoms with E-state index in [1.54, 1.807) is 7.11 Å². The molecule has 21 heavy (non-hydrogen) atoms. The molecule has 0 aliphatic carbocycles. The zero-order valence-corrected chi connectivity index (χ0v) is 12.7. The molecule has 1 unspecified atom stereocenters. The Morgan fingerprint density at radius 3 is 2.90 bits per heavy atom. The third-order valence-corrected chi connectivity index (χ3v) is 3.86. The van der Waals surface area contributed by atoms with Gasteiger partial charge in [0, 0.05) is 19.6 Å². The lowest BCUT2D eigenvalue weighted by atomic mass is 9.88. The van der Waals surface area contributed by atoms with Crippen LogP contribution in [0.4, 0.5) is 0 Å². The zero-order valence-electron chi connectivity index (χ0n) is 12.7. The van der Waals surface area contributed by atoms with Crippen LogP contribution in [0.15, 0.2) is 24.3 Å². The van der Waals surface area contributed by atoms with Gasteiger partial charge in [0.25, 0.3) is 0 Å². The van der Waals surface area contributed by atoms with Gasteiger partial charge in [-0.1, -0.05) is 19.1 Å². The first kappa shape index (κ1) is 15.8. The molecule has 1 heterocycles. The summed E-state index contributed by atoms with van der Waals surface area (Å²) in [4.78, 5) is 12.1. The lowest BCUT2D eigenvalue weighted by molar-refractivity contribution is -0.126. The Morgan fingerprint density at radius 1 is 1.43 bits per heavy atom. The minimum Gasteiger partial charge on any atom is -0.491 e. The lowest BCUT2D eigenvalue weighted by Gasteiger charge is -2.31. The van der Waals surface area contributed by atoms with Crippen molar-refractivity contribution in [1.82, 2.24) is 10.6 Å². The van der Waals surface area contributed by atoms with E-state index in [9.17, 15) is 4.79 Å². The molecule has 1 aromatic carbocycles. The number of hydrogen-bond donors (Lipinski definition) is 2. The fraction of sp³-hybridized carbons (Fsp3) is 0.562. The van der Waals surface area contributed by atoms with E-state index in [0.29, 0.717) is 25.7 Å². The van der Waals surface area contributed by atoms with Crippen LogP contribution in [-0.2, 0) is 16.1 Å². The second-order valence-corrected chi connectivity index (χ2v) is 5.41. The summed E-state index contributed by atoms with van der Waals surface area (Å²) in [5.41, 5.74) is 1.04. The molecule has 0 bridgehead atoms. The average molecular weight is 292 g/mol. The summed E-state index contributed by atoms with van der Waals surface area (Å²) in [6, 6.07) is 7.77. The Balaban J connectivity index is 1.79. The Kier molecular flexibility index (Phi) is 6.02. The van der Waals surface area contributed by atoms with Crippen molar-refractivity contribution in [1.29, 1.82) is 0 Å². The average Bonchev–Trinajstić information content (AvgIpc) is 2.43. The molecule has 1 aliphatic rings. The van der Waals surface area contributed by atoms with Crippen LogP contribution in [0.25, 0.3) is 0 Å². The fourth-order valence-electron chi connectivity index (χ4n) is 2.22. The second kappa shape index (κ2) is 8.00. The highest BCUT2D eigenvalue weighted by Gasteiger charge is 2.28. The van der Waals surface area contributed by atoms with Crippen LogP contribution >= 0.6 is 0 Å². The minimum absolute atomic E-state index is 0.0624. The topological polar surface area (TPSA) is 59.6 Å². The summed E-state index contributed by atoms with van der Waals surface area (Å²) in [6.07, 6.45) is 0. The van der Waals surface area contributed by atoms with Crippen molar-refractivity contribution in [3.8, 4) is 5.75 Å². The van der Waals surface area contributed by atoms with Gasteiger partial charge in [-0.05, 0) is 36.7 Å². The van der Waals surface area contributed by atoms with Crippen LogP contribution < -0.4 is 15.4 Å². The van der Waals surface area contributed by atoms with Crippen LogP contribution in [0, 0.1) is 11.8 Å². The van der Waals surface area contributed by atoms with Gasteiger partial charge < -0.3 is 20.1 Å². The molecule has 0 aromatic heterocycles. The third kappa shape index (κ3) is 4.72. The summed E-state index contributed by atoms with van der Waals surface area (Å²) >= 11 is 0. The maximum Gasteiger partial charge on any atom is 0.223 e. The zero-order chi connectivity index (χ0) is 15.1. The van der Waals surface area contributed by atoms with E-state index in [4.69, 9.17) is 9.47 Å². The maximum atomic E-state index is 12.1. The molecule has 1 amide bonds. The van der Waals surface area contributed by atoms with E-state index < -0.39 is 0 Å². The first-order valence-electron chi connectivity index (χ1n) is 7.40. The van der Waals surface area contributed by atoms with Crippen molar-refractivity contribution in [2.75, 3.05) is 33.4 Å². The molecule has 1 saturated heterocycles. The van der Waals surface area contributed by atoms with Gasteiger partial charge >= 0.3 is 0 Å². The highest BCUT2D eigenvalue weighted by molar-refractivity contribution is 5.78. The molecule has 1 aromatic rings. The predicted molar refractivity (Wildman–Crippen MR) is 81.2 cm³/mol. The number of carbonyl (C=O) groups is 1. The van der Waals surface area contributed by atoms with Gasteiger partial charge in [0.15, 0.2) is 0 Å². The Hall–Kier alpha value is -1.59. The Morgan fingerprint density at radius 2 is 2.24 bits per heavy atom. The van der Waals surface area contributed by atoms with E-state index in [1.807, 2.05) is 31.2 Å². The molecule has 0 saturated carbocycles. The number of amides is 1. The largest absolute Gasteiger partial charge is 0.491 e. The van der Waals surface area contributed by atoms with Crippen LogP contribution in [0.5, 0.6) is 5.75 Å². The lowest BCUT2D eigenvalue weighted by Crippen LogP contribution is -2.49. The number of nitrogens with one attached hydrogen (secondary N) is 2. The monoisotopic (exact) mass is 292 g/mol. The first-order chi connectivity index (χ1) is 10.2. The first-order valence-corrected chi connectivity index (χ1v) is 7.40. The normalized spacial score (nSPS) is 16.1. The molecule has 0 spiro atoms. The molecule has 1 aliphatic heterocycles.